The monoisotopic (exact) mass is 266 g/mol. The van der Waals surface area contributed by atoms with Crippen LogP contribution in [0.25, 0.3) is 0 Å². The Kier molecular flexibility index (Phi) is 4.28. The van der Waals surface area contributed by atoms with E-state index in [2.05, 4.69) is 10.3 Å². The minimum absolute atomic E-state index is 0.0764. The fourth-order valence-electron chi connectivity index (χ4n) is 1.65. The number of hydrogen-bond donors (Lipinski definition) is 1. The summed E-state index contributed by atoms with van der Waals surface area (Å²) in [5.41, 5.74) is 2.70. The second kappa shape index (κ2) is 5.93. The molecule has 5 heteroatoms. The number of nitrogens with one attached hydrogen (secondary N) is 1. The van der Waals surface area contributed by atoms with E-state index < -0.39 is 0 Å². The molecule has 0 fully saturated rings. The number of nitrogens with zero attached hydrogens (tertiary/aromatic N) is 1. The maximum absolute atomic E-state index is 13.6. The van der Waals surface area contributed by atoms with Crippen LogP contribution in [0.1, 0.15) is 23.4 Å². The Balaban J connectivity index is 2.00. The van der Waals surface area contributed by atoms with Crippen molar-refractivity contribution in [3.05, 3.63) is 46.2 Å². The predicted octanol–water partition coefficient (Wildman–Crippen LogP) is 3.14. The Morgan fingerprint density at radius 1 is 1.50 bits per heavy atom. The van der Waals surface area contributed by atoms with Crippen molar-refractivity contribution in [2.24, 2.45) is 0 Å². The van der Waals surface area contributed by atoms with Crippen molar-refractivity contribution in [3.63, 3.8) is 0 Å². The van der Waals surface area contributed by atoms with Crippen LogP contribution in [-0.4, -0.2) is 12.1 Å². The van der Waals surface area contributed by atoms with E-state index in [0.29, 0.717) is 0 Å². The van der Waals surface area contributed by atoms with Gasteiger partial charge in [-0.1, -0.05) is 6.07 Å². The van der Waals surface area contributed by atoms with Crippen LogP contribution >= 0.6 is 11.3 Å². The highest BCUT2D eigenvalue weighted by molar-refractivity contribution is 7.09. The van der Waals surface area contributed by atoms with E-state index in [-0.39, 0.29) is 17.6 Å². The molecule has 2 aromatic rings. The average Bonchev–Trinajstić information content (AvgIpc) is 2.89. The zero-order valence-corrected chi connectivity index (χ0v) is 11.1. The van der Waals surface area contributed by atoms with E-state index in [1.807, 2.05) is 19.2 Å². The SMILES string of the molecule is COc1ccc(C(C)NCc2cncs2)cc1F. The molecule has 1 unspecified atom stereocenters. The summed E-state index contributed by atoms with van der Waals surface area (Å²) in [6.07, 6.45) is 1.83. The lowest BCUT2D eigenvalue weighted by Gasteiger charge is -2.14. The number of methoxy groups -OCH3 is 1. The zero-order valence-electron chi connectivity index (χ0n) is 10.3. The summed E-state index contributed by atoms with van der Waals surface area (Å²) in [4.78, 5) is 5.17. The molecule has 1 aromatic heterocycles. The molecule has 0 saturated heterocycles. The molecule has 0 spiro atoms. The molecule has 0 aliphatic heterocycles. The highest BCUT2D eigenvalue weighted by Gasteiger charge is 2.09. The van der Waals surface area contributed by atoms with Gasteiger partial charge in [-0.25, -0.2) is 4.39 Å². The van der Waals surface area contributed by atoms with Gasteiger partial charge in [0.2, 0.25) is 0 Å². The van der Waals surface area contributed by atoms with Gasteiger partial charge >= 0.3 is 0 Å². The minimum atomic E-state index is -0.332. The van der Waals surface area contributed by atoms with Crippen molar-refractivity contribution in [1.82, 2.24) is 10.3 Å². The molecule has 0 amide bonds. The van der Waals surface area contributed by atoms with Gasteiger partial charge in [0.1, 0.15) is 0 Å². The van der Waals surface area contributed by atoms with Crippen molar-refractivity contribution in [2.45, 2.75) is 19.5 Å². The molecule has 3 nitrogen and oxygen atoms in total. The molecule has 96 valence electrons. The fraction of sp³-hybridized carbons (Fsp3) is 0.308. The quantitative estimate of drug-likeness (QED) is 0.902. The van der Waals surface area contributed by atoms with Crippen LogP contribution in [0, 0.1) is 5.82 Å². The van der Waals surface area contributed by atoms with Gasteiger partial charge in [0, 0.05) is 23.7 Å². The number of thiazole rings is 1. The van der Waals surface area contributed by atoms with Crippen LogP contribution in [0.3, 0.4) is 0 Å². The Morgan fingerprint density at radius 2 is 2.33 bits per heavy atom. The Labute approximate surface area is 110 Å². The van der Waals surface area contributed by atoms with Crippen LogP contribution in [0.2, 0.25) is 0 Å². The molecule has 2 rings (SSSR count). The lowest BCUT2D eigenvalue weighted by molar-refractivity contribution is 0.385. The highest BCUT2D eigenvalue weighted by Crippen LogP contribution is 2.22. The van der Waals surface area contributed by atoms with Gasteiger partial charge in [-0.05, 0) is 24.6 Å². The molecule has 18 heavy (non-hydrogen) atoms. The van der Waals surface area contributed by atoms with Crippen molar-refractivity contribution in [3.8, 4) is 5.75 Å². The van der Waals surface area contributed by atoms with Gasteiger partial charge in [0.25, 0.3) is 0 Å². The smallest absolute Gasteiger partial charge is 0.165 e. The van der Waals surface area contributed by atoms with E-state index in [1.54, 1.807) is 22.9 Å². The second-order valence-electron chi connectivity index (χ2n) is 3.96. The van der Waals surface area contributed by atoms with Crippen LogP contribution in [-0.2, 0) is 6.54 Å². The first-order chi connectivity index (χ1) is 8.70. The molecule has 0 radical (unpaired) electrons. The van der Waals surface area contributed by atoms with E-state index >= 15 is 0 Å². The standard InChI is InChI=1S/C13H15FN2OS/c1-9(16-7-11-6-15-8-18-11)10-3-4-13(17-2)12(14)5-10/h3-6,8-9,16H,7H2,1-2H3. The van der Waals surface area contributed by atoms with Gasteiger partial charge < -0.3 is 10.1 Å². The van der Waals surface area contributed by atoms with E-state index in [0.717, 1.165) is 17.0 Å². The fourth-order valence-corrected chi connectivity index (χ4v) is 2.20. The van der Waals surface area contributed by atoms with Gasteiger partial charge in [-0.3, -0.25) is 4.98 Å². The van der Waals surface area contributed by atoms with Gasteiger partial charge in [-0.15, -0.1) is 11.3 Å². The Hall–Kier alpha value is -1.46. The largest absolute Gasteiger partial charge is 0.494 e. The summed E-state index contributed by atoms with van der Waals surface area (Å²) in [5, 5.41) is 3.33. The molecule has 1 heterocycles. The zero-order chi connectivity index (χ0) is 13.0. The van der Waals surface area contributed by atoms with Crippen molar-refractivity contribution in [1.29, 1.82) is 0 Å². The maximum atomic E-state index is 13.6. The molecule has 0 aliphatic rings. The summed E-state index contributed by atoms with van der Waals surface area (Å²) < 4.78 is 18.5. The first-order valence-corrected chi connectivity index (χ1v) is 6.53. The maximum Gasteiger partial charge on any atom is 0.165 e. The number of hydrogen-bond acceptors (Lipinski definition) is 4. The van der Waals surface area contributed by atoms with E-state index in [4.69, 9.17) is 4.74 Å². The van der Waals surface area contributed by atoms with Crippen molar-refractivity contribution in [2.75, 3.05) is 7.11 Å². The number of ether oxygens (including phenoxy) is 1. The minimum Gasteiger partial charge on any atom is -0.494 e. The molecule has 0 bridgehead atoms. The van der Waals surface area contributed by atoms with E-state index in [1.165, 1.54) is 13.2 Å². The number of rotatable bonds is 5. The summed E-state index contributed by atoms with van der Waals surface area (Å²) in [5.74, 6) is -0.0603. The summed E-state index contributed by atoms with van der Waals surface area (Å²) in [6, 6.07) is 5.10. The molecule has 0 saturated carbocycles. The van der Waals surface area contributed by atoms with Crippen LogP contribution < -0.4 is 10.1 Å². The summed E-state index contributed by atoms with van der Waals surface area (Å²) >= 11 is 1.60. The molecule has 0 aliphatic carbocycles. The molecule has 1 aromatic carbocycles. The average molecular weight is 266 g/mol. The lowest BCUT2D eigenvalue weighted by Crippen LogP contribution is -2.17. The normalized spacial score (nSPS) is 12.4. The van der Waals surface area contributed by atoms with E-state index in [9.17, 15) is 4.39 Å². The highest BCUT2D eigenvalue weighted by atomic mass is 32.1. The van der Waals surface area contributed by atoms with Crippen molar-refractivity contribution >= 4 is 11.3 Å². The van der Waals surface area contributed by atoms with Crippen molar-refractivity contribution < 1.29 is 9.13 Å². The Bertz CT molecular complexity index is 502. The number of halogens is 1. The predicted molar refractivity (Wildman–Crippen MR) is 70.3 cm³/mol. The molecular formula is C13H15FN2OS. The first kappa shape index (κ1) is 13.0. The molecule has 1 atom stereocenters. The summed E-state index contributed by atoms with van der Waals surface area (Å²) in [6.45, 7) is 2.74. The number of benzene rings is 1. The lowest BCUT2D eigenvalue weighted by atomic mass is 10.1. The Morgan fingerprint density at radius 3 is 2.94 bits per heavy atom. The first-order valence-electron chi connectivity index (χ1n) is 5.65. The second-order valence-corrected chi connectivity index (χ2v) is 4.94. The third-order valence-corrected chi connectivity index (χ3v) is 3.52. The van der Waals surface area contributed by atoms with Crippen LogP contribution in [0.5, 0.6) is 5.75 Å². The summed E-state index contributed by atoms with van der Waals surface area (Å²) in [7, 11) is 1.46. The van der Waals surface area contributed by atoms with Crippen LogP contribution in [0.4, 0.5) is 4.39 Å². The molecule has 1 N–H and O–H groups in total. The van der Waals surface area contributed by atoms with Crippen LogP contribution in [0.15, 0.2) is 29.9 Å². The van der Waals surface area contributed by atoms with Gasteiger partial charge in [0.05, 0.1) is 12.6 Å². The van der Waals surface area contributed by atoms with Gasteiger partial charge in [-0.2, -0.15) is 0 Å². The van der Waals surface area contributed by atoms with Gasteiger partial charge in [0.15, 0.2) is 11.6 Å². The molecular weight excluding hydrogens is 251 g/mol. The third-order valence-electron chi connectivity index (χ3n) is 2.74. The topological polar surface area (TPSA) is 34.1 Å². The third kappa shape index (κ3) is 3.05. The number of aromatic nitrogens is 1.